The van der Waals surface area contributed by atoms with E-state index in [1.807, 2.05) is 18.2 Å². The maximum atomic E-state index is 11.2. The van der Waals surface area contributed by atoms with Crippen molar-refractivity contribution in [3.05, 3.63) is 29.8 Å². The highest BCUT2D eigenvalue weighted by atomic mass is 16.1. The quantitative estimate of drug-likeness (QED) is 0.909. The van der Waals surface area contributed by atoms with Gasteiger partial charge in [0, 0.05) is 25.2 Å². The normalized spacial score (nSPS) is 23.4. The molecule has 1 heterocycles. The van der Waals surface area contributed by atoms with Crippen LogP contribution in [0.5, 0.6) is 0 Å². The van der Waals surface area contributed by atoms with E-state index in [9.17, 15) is 4.79 Å². The summed E-state index contributed by atoms with van der Waals surface area (Å²) in [6.45, 7) is 1.97. The van der Waals surface area contributed by atoms with Crippen LogP contribution in [0.4, 0.5) is 5.69 Å². The molecular weight excluding hydrogens is 250 g/mol. The van der Waals surface area contributed by atoms with E-state index >= 15 is 0 Å². The van der Waals surface area contributed by atoms with Crippen molar-refractivity contribution in [3.63, 3.8) is 0 Å². The third kappa shape index (κ3) is 2.36. The Kier molecular flexibility index (Phi) is 3.13. The number of nitrogens with zero attached hydrogens (tertiary/aromatic N) is 2. The first-order chi connectivity index (χ1) is 9.63. The van der Waals surface area contributed by atoms with Crippen LogP contribution in [0.25, 0.3) is 0 Å². The van der Waals surface area contributed by atoms with Gasteiger partial charge in [-0.2, -0.15) is 5.26 Å². The van der Waals surface area contributed by atoms with Crippen LogP contribution in [0.1, 0.15) is 31.2 Å². The fraction of sp³-hybridized carbons (Fsp3) is 0.500. The van der Waals surface area contributed by atoms with Crippen molar-refractivity contribution >= 4 is 11.6 Å². The monoisotopic (exact) mass is 269 g/mol. The van der Waals surface area contributed by atoms with E-state index in [2.05, 4.69) is 17.0 Å². The van der Waals surface area contributed by atoms with Crippen molar-refractivity contribution in [2.45, 2.75) is 25.7 Å². The highest BCUT2D eigenvalue weighted by Gasteiger charge is 2.51. The van der Waals surface area contributed by atoms with Crippen LogP contribution in [0.2, 0.25) is 0 Å². The fourth-order valence-electron chi connectivity index (χ4n) is 3.50. The van der Waals surface area contributed by atoms with Gasteiger partial charge < -0.3 is 10.6 Å². The van der Waals surface area contributed by atoms with E-state index in [1.54, 1.807) is 0 Å². The number of benzene rings is 1. The molecule has 0 unspecified atom stereocenters. The van der Waals surface area contributed by atoms with Crippen molar-refractivity contribution in [1.29, 1.82) is 5.26 Å². The molecule has 1 saturated carbocycles. The number of carbonyl (C=O) groups is 1. The van der Waals surface area contributed by atoms with E-state index < -0.39 is 0 Å². The van der Waals surface area contributed by atoms with Gasteiger partial charge in [0.05, 0.1) is 11.6 Å². The number of amides is 1. The summed E-state index contributed by atoms with van der Waals surface area (Å²) in [7, 11) is 0. The molecule has 0 aromatic heterocycles. The first-order valence-electron chi connectivity index (χ1n) is 7.16. The van der Waals surface area contributed by atoms with Gasteiger partial charge in [-0.15, -0.1) is 0 Å². The molecule has 1 aromatic rings. The van der Waals surface area contributed by atoms with E-state index in [-0.39, 0.29) is 11.3 Å². The molecule has 1 saturated heterocycles. The highest BCUT2D eigenvalue weighted by Crippen LogP contribution is 2.57. The number of hydrogen-bond acceptors (Lipinski definition) is 3. The minimum absolute atomic E-state index is 0.174. The number of nitrogens with two attached hydrogens (primary N) is 1. The Morgan fingerprint density at radius 2 is 2.30 bits per heavy atom. The molecule has 0 spiro atoms. The van der Waals surface area contributed by atoms with Gasteiger partial charge in [0.25, 0.3) is 0 Å². The molecule has 2 fully saturated rings. The van der Waals surface area contributed by atoms with Gasteiger partial charge in [0.1, 0.15) is 0 Å². The smallest absolute Gasteiger partial charge is 0.217 e. The van der Waals surface area contributed by atoms with Gasteiger partial charge in [-0.1, -0.05) is 6.07 Å². The minimum Gasteiger partial charge on any atom is -0.371 e. The predicted molar refractivity (Wildman–Crippen MR) is 77.0 cm³/mol. The molecule has 2 N–H and O–H groups in total. The van der Waals surface area contributed by atoms with E-state index in [0.29, 0.717) is 17.9 Å². The van der Waals surface area contributed by atoms with Crippen LogP contribution in [-0.4, -0.2) is 19.0 Å². The van der Waals surface area contributed by atoms with Gasteiger partial charge in [-0.25, -0.2) is 0 Å². The first-order valence-corrected chi connectivity index (χ1v) is 7.16. The molecule has 1 atom stereocenters. The summed E-state index contributed by atoms with van der Waals surface area (Å²) in [5, 5.41) is 8.98. The molecule has 104 valence electrons. The van der Waals surface area contributed by atoms with E-state index in [4.69, 9.17) is 11.0 Å². The van der Waals surface area contributed by atoms with Crippen molar-refractivity contribution in [3.8, 4) is 6.07 Å². The summed E-state index contributed by atoms with van der Waals surface area (Å²) in [6.07, 6.45) is 3.91. The summed E-state index contributed by atoms with van der Waals surface area (Å²) in [5.41, 5.74) is 7.37. The zero-order valence-corrected chi connectivity index (χ0v) is 11.5. The molecule has 1 aliphatic carbocycles. The molecule has 4 nitrogen and oxygen atoms in total. The Balaban J connectivity index is 1.71. The largest absolute Gasteiger partial charge is 0.371 e. The van der Waals surface area contributed by atoms with Crippen molar-refractivity contribution in [2.24, 2.45) is 17.1 Å². The van der Waals surface area contributed by atoms with Gasteiger partial charge in [-0.05, 0) is 48.8 Å². The Bertz CT molecular complexity index is 571. The lowest BCUT2D eigenvalue weighted by molar-refractivity contribution is -0.119. The predicted octanol–water partition coefficient (Wildman–Crippen LogP) is 2.04. The molecule has 4 heteroatoms. The number of nitriles is 1. The Morgan fingerprint density at radius 1 is 1.50 bits per heavy atom. The SMILES string of the molecule is N#Cc1cccc(N2CC[C@H](C3(CC(N)=O)CC3)C2)c1. The fourth-order valence-corrected chi connectivity index (χ4v) is 3.50. The van der Waals surface area contributed by atoms with E-state index in [1.165, 1.54) is 0 Å². The van der Waals surface area contributed by atoms with Crippen molar-refractivity contribution in [2.75, 3.05) is 18.0 Å². The zero-order chi connectivity index (χ0) is 14.2. The van der Waals surface area contributed by atoms with Crippen molar-refractivity contribution < 1.29 is 4.79 Å². The molecular formula is C16H19N3O. The average Bonchev–Trinajstić information content (AvgIpc) is 3.04. The summed E-state index contributed by atoms with van der Waals surface area (Å²) >= 11 is 0. The molecule has 0 bridgehead atoms. The van der Waals surface area contributed by atoms with Crippen LogP contribution < -0.4 is 10.6 Å². The zero-order valence-electron chi connectivity index (χ0n) is 11.5. The summed E-state index contributed by atoms with van der Waals surface area (Å²) in [4.78, 5) is 13.5. The van der Waals surface area contributed by atoms with Crippen LogP contribution in [0.15, 0.2) is 24.3 Å². The summed E-state index contributed by atoms with van der Waals surface area (Å²) in [6, 6.07) is 9.93. The topological polar surface area (TPSA) is 70.1 Å². The third-order valence-corrected chi connectivity index (χ3v) is 4.81. The van der Waals surface area contributed by atoms with E-state index in [0.717, 1.165) is 38.0 Å². The van der Waals surface area contributed by atoms with Gasteiger partial charge >= 0.3 is 0 Å². The Labute approximate surface area is 119 Å². The summed E-state index contributed by atoms with van der Waals surface area (Å²) in [5.74, 6) is 0.383. The first kappa shape index (κ1) is 13.0. The maximum absolute atomic E-state index is 11.2. The second-order valence-electron chi connectivity index (χ2n) is 6.10. The molecule has 0 radical (unpaired) electrons. The number of anilines is 1. The molecule has 2 aliphatic rings. The van der Waals surface area contributed by atoms with Gasteiger partial charge in [-0.3, -0.25) is 4.79 Å². The minimum atomic E-state index is -0.174. The summed E-state index contributed by atoms with van der Waals surface area (Å²) < 4.78 is 0. The van der Waals surface area contributed by atoms with Crippen LogP contribution in [-0.2, 0) is 4.79 Å². The number of hydrogen-bond donors (Lipinski definition) is 1. The molecule has 3 rings (SSSR count). The standard InChI is InChI=1S/C16H19N3O/c17-10-12-2-1-3-14(8-12)19-7-4-13(11-19)16(5-6-16)9-15(18)20/h1-3,8,13H,4-7,9,11H2,(H2,18,20)/t13-/m0/s1. The number of rotatable bonds is 4. The van der Waals surface area contributed by atoms with Crippen LogP contribution in [0.3, 0.4) is 0 Å². The second kappa shape index (κ2) is 4.82. The highest BCUT2D eigenvalue weighted by molar-refractivity contribution is 5.75. The Hall–Kier alpha value is -2.02. The lowest BCUT2D eigenvalue weighted by Crippen LogP contribution is -2.27. The van der Waals surface area contributed by atoms with Crippen LogP contribution >= 0.6 is 0 Å². The Morgan fingerprint density at radius 3 is 2.95 bits per heavy atom. The average molecular weight is 269 g/mol. The maximum Gasteiger partial charge on any atom is 0.217 e. The molecule has 1 aliphatic heterocycles. The van der Waals surface area contributed by atoms with Crippen LogP contribution in [0, 0.1) is 22.7 Å². The van der Waals surface area contributed by atoms with Gasteiger partial charge in [0.2, 0.25) is 5.91 Å². The lowest BCUT2D eigenvalue weighted by atomic mass is 9.85. The molecule has 1 aromatic carbocycles. The number of primary amides is 1. The lowest BCUT2D eigenvalue weighted by Gasteiger charge is -2.23. The third-order valence-electron chi connectivity index (χ3n) is 4.81. The van der Waals surface area contributed by atoms with Gasteiger partial charge in [0.15, 0.2) is 0 Å². The number of carbonyl (C=O) groups excluding carboxylic acids is 1. The second-order valence-corrected chi connectivity index (χ2v) is 6.10. The molecule has 1 amide bonds. The van der Waals surface area contributed by atoms with Crippen molar-refractivity contribution in [1.82, 2.24) is 0 Å². The molecule has 20 heavy (non-hydrogen) atoms.